The van der Waals surface area contributed by atoms with Gasteiger partial charge < -0.3 is 10.4 Å². The van der Waals surface area contributed by atoms with Crippen molar-refractivity contribution in [3.63, 3.8) is 0 Å². The van der Waals surface area contributed by atoms with Crippen molar-refractivity contribution in [3.8, 4) is 0 Å². The average Bonchev–Trinajstić information content (AvgIpc) is 2.73. The number of fused-ring (bicyclic) bond motifs is 1. The van der Waals surface area contributed by atoms with Gasteiger partial charge in [-0.05, 0) is 31.0 Å². The number of carboxylic acids is 1. The van der Waals surface area contributed by atoms with Crippen LogP contribution in [-0.2, 0) is 9.59 Å². The van der Waals surface area contributed by atoms with Gasteiger partial charge in [-0.1, -0.05) is 6.42 Å². The van der Waals surface area contributed by atoms with Crippen LogP contribution in [-0.4, -0.2) is 22.0 Å². The van der Waals surface area contributed by atoms with Gasteiger partial charge in [-0.15, -0.1) is 11.3 Å². The fraction of sp³-hybridized carbons (Fsp3) is 0.308. The Labute approximate surface area is 113 Å². The molecule has 1 fully saturated rings. The third kappa shape index (κ3) is 1.88. The third-order valence-electron chi connectivity index (χ3n) is 3.64. The van der Waals surface area contributed by atoms with Crippen molar-refractivity contribution in [1.82, 2.24) is 4.98 Å². The summed E-state index contributed by atoms with van der Waals surface area (Å²) >= 11 is 1.48. The normalized spacial score (nSPS) is 16.8. The predicted octanol–water partition coefficient (Wildman–Crippen LogP) is 2.49. The van der Waals surface area contributed by atoms with E-state index in [0.717, 1.165) is 16.6 Å². The number of amides is 1. The van der Waals surface area contributed by atoms with Gasteiger partial charge in [0.15, 0.2) is 0 Å². The molecule has 0 unspecified atom stereocenters. The molecule has 2 aromatic rings. The number of nitrogens with zero attached hydrogens (tertiary/aromatic N) is 1. The maximum absolute atomic E-state index is 12.1. The summed E-state index contributed by atoms with van der Waals surface area (Å²) in [5.74, 6) is -1.45. The van der Waals surface area contributed by atoms with Crippen molar-refractivity contribution < 1.29 is 14.7 Å². The average molecular weight is 276 g/mol. The SMILES string of the molecule is O=C(O)C1(C(=O)Nc2ccc3ncsc3c2)CCC1. The number of thiazole rings is 1. The number of aromatic nitrogens is 1. The first-order chi connectivity index (χ1) is 9.12. The summed E-state index contributed by atoms with van der Waals surface area (Å²) in [5, 5.41) is 11.9. The van der Waals surface area contributed by atoms with E-state index in [2.05, 4.69) is 10.3 Å². The van der Waals surface area contributed by atoms with E-state index in [9.17, 15) is 14.7 Å². The number of rotatable bonds is 3. The summed E-state index contributed by atoms with van der Waals surface area (Å²) in [6.45, 7) is 0. The number of carbonyl (C=O) groups excluding carboxylic acids is 1. The molecule has 1 amide bonds. The first kappa shape index (κ1) is 12.1. The lowest BCUT2D eigenvalue weighted by molar-refractivity contribution is -0.159. The fourth-order valence-corrected chi connectivity index (χ4v) is 2.97. The molecule has 3 rings (SSSR count). The van der Waals surface area contributed by atoms with Crippen LogP contribution in [0.25, 0.3) is 10.2 Å². The molecule has 5 nitrogen and oxygen atoms in total. The van der Waals surface area contributed by atoms with E-state index in [0.29, 0.717) is 18.5 Å². The highest BCUT2D eigenvalue weighted by atomic mass is 32.1. The minimum atomic E-state index is -1.23. The summed E-state index contributed by atoms with van der Waals surface area (Å²) in [6, 6.07) is 5.38. The third-order valence-corrected chi connectivity index (χ3v) is 4.43. The molecule has 98 valence electrons. The van der Waals surface area contributed by atoms with Gasteiger partial charge in [0.25, 0.3) is 0 Å². The second-order valence-corrected chi connectivity index (χ2v) is 5.62. The van der Waals surface area contributed by atoms with Crippen molar-refractivity contribution in [3.05, 3.63) is 23.7 Å². The highest BCUT2D eigenvalue weighted by Gasteiger charge is 2.51. The maximum Gasteiger partial charge on any atom is 0.319 e. The highest BCUT2D eigenvalue weighted by Crippen LogP contribution is 2.42. The van der Waals surface area contributed by atoms with Gasteiger partial charge in [-0.2, -0.15) is 0 Å². The quantitative estimate of drug-likeness (QED) is 0.844. The number of hydrogen-bond acceptors (Lipinski definition) is 4. The second-order valence-electron chi connectivity index (χ2n) is 4.73. The van der Waals surface area contributed by atoms with E-state index in [-0.39, 0.29) is 0 Å². The van der Waals surface area contributed by atoms with Gasteiger partial charge in [0.2, 0.25) is 5.91 Å². The summed E-state index contributed by atoms with van der Waals surface area (Å²) in [4.78, 5) is 27.5. The van der Waals surface area contributed by atoms with Gasteiger partial charge in [0.1, 0.15) is 5.41 Å². The lowest BCUT2D eigenvalue weighted by Crippen LogP contribution is -2.48. The van der Waals surface area contributed by atoms with E-state index in [1.54, 1.807) is 11.6 Å². The largest absolute Gasteiger partial charge is 0.480 e. The van der Waals surface area contributed by atoms with Crippen molar-refractivity contribution in [2.75, 3.05) is 5.32 Å². The number of anilines is 1. The molecule has 1 aliphatic carbocycles. The molecular formula is C13H12N2O3S. The predicted molar refractivity (Wildman–Crippen MR) is 72.2 cm³/mol. The Morgan fingerprint density at radius 3 is 2.79 bits per heavy atom. The van der Waals surface area contributed by atoms with Crippen LogP contribution in [0.5, 0.6) is 0 Å². The topological polar surface area (TPSA) is 79.3 Å². The number of benzene rings is 1. The Morgan fingerprint density at radius 1 is 1.37 bits per heavy atom. The molecule has 1 aliphatic rings. The molecule has 0 bridgehead atoms. The highest BCUT2D eigenvalue weighted by molar-refractivity contribution is 7.16. The lowest BCUT2D eigenvalue weighted by Gasteiger charge is -2.35. The van der Waals surface area contributed by atoms with E-state index in [1.807, 2.05) is 12.1 Å². The zero-order chi connectivity index (χ0) is 13.5. The first-order valence-electron chi connectivity index (χ1n) is 6.00. The van der Waals surface area contributed by atoms with Crippen LogP contribution in [0.2, 0.25) is 0 Å². The van der Waals surface area contributed by atoms with Crippen LogP contribution in [0.1, 0.15) is 19.3 Å². The molecular weight excluding hydrogens is 264 g/mol. The van der Waals surface area contributed by atoms with Crippen LogP contribution in [0, 0.1) is 5.41 Å². The van der Waals surface area contributed by atoms with Gasteiger partial charge in [0, 0.05) is 5.69 Å². The van der Waals surface area contributed by atoms with Crippen LogP contribution in [0.15, 0.2) is 23.7 Å². The molecule has 0 aliphatic heterocycles. The van der Waals surface area contributed by atoms with Crippen molar-refractivity contribution in [2.45, 2.75) is 19.3 Å². The van der Waals surface area contributed by atoms with Gasteiger partial charge in [0.05, 0.1) is 15.7 Å². The molecule has 0 saturated heterocycles. The van der Waals surface area contributed by atoms with Crippen molar-refractivity contribution in [1.29, 1.82) is 0 Å². The molecule has 0 atom stereocenters. The molecule has 2 N–H and O–H groups in total. The minimum absolute atomic E-state index is 0.414. The molecule has 1 heterocycles. The molecule has 1 aromatic carbocycles. The number of carbonyl (C=O) groups is 2. The summed E-state index contributed by atoms with van der Waals surface area (Å²) in [7, 11) is 0. The van der Waals surface area contributed by atoms with Crippen LogP contribution in [0.4, 0.5) is 5.69 Å². The Bertz CT molecular complexity index is 661. The summed E-state index contributed by atoms with van der Waals surface area (Å²) < 4.78 is 0.968. The number of nitrogens with one attached hydrogen (secondary N) is 1. The number of hydrogen-bond donors (Lipinski definition) is 2. The van der Waals surface area contributed by atoms with Crippen LogP contribution in [0.3, 0.4) is 0 Å². The molecule has 0 spiro atoms. The van der Waals surface area contributed by atoms with Gasteiger partial charge in [-0.25, -0.2) is 4.98 Å². The van der Waals surface area contributed by atoms with E-state index in [1.165, 1.54) is 11.3 Å². The molecule has 1 aromatic heterocycles. The zero-order valence-corrected chi connectivity index (χ0v) is 10.9. The monoisotopic (exact) mass is 276 g/mol. The summed E-state index contributed by atoms with van der Waals surface area (Å²) in [6.07, 6.45) is 1.61. The molecule has 6 heteroatoms. The fourth-order valence-electron chi connectivity index (χ4n) is 2.25. The molecule has 19 heavy (non-hydrogen) atoms. The van der Waals surface area contributed by atoms with Crippen molar-refractivity contribution >= 4 is 39.1 Å². The van der Waals surface area contributed by atoms with Gasteiger partial charge in [-0.3, -0.25) is 9.59 Å². The molecule has 1 saturated carbocycles. The van der Waals surface area contributed by atoms with E-state index < -0.39 is 17.3 Å². The Morgan fingerprint density at radius 2 is 2.16 bits per heavy atom. The van der Waals surface area contributed by atoms with Crippen LogP contribution < -0.4 is 5.32 Å². The van der Waals surface area contributed by atoms with Crippen LogP contribution >= 0.6 is 11.3 Å². The molecule has 0 radical (unpaired) electrons. The smallest absolute Gasteiger partial charge is 0.319 e. The standard InChI is InChI=1S/C13H12N2O3S/c16-11(13(12(17)18)4-1-5-13)15-8-2-3-9-10(6-8)19-7-14-9/h2-3,6-7H,1,4-5H2,(H,15,16)(H,17,18). The Kier molecular flexibility index (Phi) is 2.74. The second kappa shape index (κ2) is 4.31. The first-order valence-corrected chi connectivity index (χ1v) is 6.88. The Balaban J connectivity index is 1.84. The minimum Gasteiger partial charge on any atom is -0.480 e. The van der Waals surface area contributed by atoms with E-state index >= 15 is 0 Å². The zero-order valence-electron chi connectivity index (χ0n) is 10.0. The van der Waals surface area contributed by atoms with E-state index in [4.69, 9.17) is 0 Å². The summed E-state index contributed by atoms with van der Waals surface area (Å²) in [5.41, 5.74) is 2.00. The van der Waals surface area contributed by atoms with Gasteiger partial charge >= 0.3 is 5.97 Å². The number of carboxylic acid groups (broad SMARTS) is 1. The Hall–Kier alpha value is -1.95. The lowest BCUT2D eigenvalue weighted by atomic mass is 9.68. The number of aliphatic carboxylic acids is 1. The maximum atomic E-state index is 12.1. The van der Waals surface area contributed by atoms with Crippen molar-refractivity contribution in [2.24, 2.45) is 5.41 Å².